The molecule has 0 aliphatic heterocycles. The molecule has 0 aliphatic rings. The summed E-state index contributed by atoms with van der Waals surface area (Å²) in [6.45, 7) is 8.79. The summed E-state index contributed by atoms with van der Waals surface area (Å²) in [5.41, 5.74) is 0. The molecule has 0 saturated carbocycles. The van der Waals surface area contributed by atoms with Crippen LogP contribution < -0.4 is 18.9 Å². The molecule has 0 amide bonds. The second kappa shape index (κ2) is 13.7. The van der Waals surface area contributed by atoms with Gasteiger partial charge in [0.2, 0.25) is 0 Å². The molecule has 0 spiro atoms. The first-order valence-electron chi connectivity index (χ1n) is 3.74. The van der Waals surface area contributed by atoms with E-state index in [1.807, 2.05) is 0 Å². The first-order chi connectivity index (χ1) is 5.04. The molecule has 0 unspecified atom stereocenters. The Labute approximate surface area is 89.8 Å². The van der Waals surface area contributed by atoms with E-state index in [0.717, 1.165) is 13.1 Å². The van der Waals surface area contributed by atoms with Crippen molar-refractivity contribution in [1.82, 2.24) is 9.80 Å². The molecular formula is C9H21LiN2. The maximum atomic E-state index is 3.25. The van der Waals surface area contributed by atoms with Gasteiger partial charge in [0, 0.05) is 13.1 Å². The van der Waals surface area contributed by atoms with E-state index in [0.29, 0.717) is 0 Å². The topological polar surface area (TPSA) is 6.48 Å². The minimum Gasteiger partial charge on any atom is -0.308 e. The van der Waals surface area contributed by atoms with Crippen molar-refractivity contribution in [3.8, 4) is 0 Å². The standard InChI is InChI=1S/C6H16N2.C3H5.Li/c1-7(2)5-6-8(3)4;1-3-2;/h5-6H2,1-4H3;3H,1-2H2;/q;-1;+1. The van der Waals surface area contributed by atoms with Crippen LogP contribution in [0.25, 0.3) is 0 Å². The Hall–Kier alpha value is 0.127. The fourth-order valence-electron chi connectivity index (χ4n) is 0.400. The van der Waals surface area contributed by atoms with Gasteiger partial charge in [0.1, 0.15) is 0 Å². The molecule has 12 heavy (non-hydrogen) atoms. The molecule has 3 heteroatoms. The molecule has 0 aromatic carbocycles. The van der Waals surface area contributed by atoms with Crippen LogP contribution in [-0.4, -0.2) is 51.1 Å². The van der Waals surface area contributed by atoms with E-state index >= 15 is 0 Å². The van der Waals surface area contributed by atoms with Gasteiger partial charge in [0.15, 0.2) is 0 Å². The van der Waals surface area contributed by atoms with E-state index in [1.54, 1.807) is 0 Å². The van der Waals surface area contributed by atoms with E-state index in [-0.39, 0.29) is 18.9 Å². The van der Waals surface area contributed by atoms with Crippen LogP contribution in [0.3, 0.4) is 0 Å². The van der Waals surface area contributed by atoms with Gasteiger partial charge in [-0.2, -0.15) is 0 Å². The summed E-state index contributed by atoms with van der Waals surface area (Å²) < 4.78 is 0. The van der Waals surface area contributed by atoms with Gasteiger partial charge in [0.05, 0.1) is 0 Å². The average molecular weight is 164 g/mol. The van der Waals surface area contributed by atoms with Gasteiger partial charge in [-0.1, -0.05) is 0 Å². The van der Waals surface area contributed by atoms with Crippen molar-refractivity contribution in [1.29, 1.82) is 0 Å². The maximum absolute atomic E-state index is 3.25. The van der Waals surface area contributed by atoms with Crippen LogP contribution in [0.5, 0.6) is 0 Å². The van der Waals surface area contributed by atoms with Crippen LogP contribution in [0.2, 0.25) is 0 Å². The van der Waals surface area contributed by atoms with Gasteiger partial charge >= 0.3 is 18.9 Å². The zero-order valence-corrected chi connectivity index (χ0v) is 9.30. The van der Waals surface area contributed by atoms with E-state index < -0.39 is 0 Å². The predicted octanol–water partition coefficient (Wildman–Crippen LogP) is -1.88. The Morgan fingerprint density at radius 1 is 1.08 bits per heavy atom. The van der Waals surface area contributed by atoms with Gasteiger partial charge in [0.25, 0.3) is 0 Å². The Morgan fingerprint density at radius 2 is 1.25 bits per heavy atom. The maximum Gasteiger partial charge on any atom is 1.00 e. The van der Waals surface area contributed by atoms with Crippen LogP contribution >= 0.6 is 0 Å². The van der Waals surface area contributed by atoms with Gasteiger partial charge in [-0.05, 0) is 28.2 Å². The average Bonchev–Trinajstić information content (AvgIpc) is 1.85. The smallest absolute Gasteiger partial charge is 0.308 e. The van der Waals surface area contributed by atoms with Crippen LogP contribution in [0.1, 0.15) is 0 Å². The van der Waals surface area contributed by atoms with Gasteiger partial charge in [-0.15, -0.1) is 0 Å². The Bertz CT molecular complexity index is 74.6. The summed E-state index contributed by atoms with van der Waals surface area (Å²) in [5.74, 6) is 0. The van der Waals surface area contributed by atoms with Crippen LogP contribution in [0, 0.1) is 6.92 Å². The normalized spacial score (nSPS) is 8.50. The molecule has 2 nitrogen and oxygen atoms in total. The molecule has 0 aliphatic carbocycles. The van der Waals surface area contributed by atoms with Gasteiger partial charge in [-0.3, -0.25) is 0 Å². The summed E-state index contributed by atoms with van der Waals surface area (Å²) >= 11 is 0. The molecule has 0 heterocycles. The third-order valence-corrected chi connectivity index (χ3v) is 0.994. The number of allylic oxidation sites excluding steroid dienone is 1. The molecule has 0 atom stereocenters. The Balaban J connectivity index is -0.000000177. The third-order valence-electron chi connectivity index (χ3n) is 0.994. The largest absolute Gasteiger partial charge is 1.00 e. The van der Waals surface area contributed by atoms with Crippen molar-refractivity contribution in [2.24, 2.45) is 0 Å². The van der Waals surface area contributed by atoms with Gasteiger partial charge in [-0.25, -0.2) is 19.6 Å². The molecule has 0 aromatic rings. The third kappa shape index (κ3) is 32.1. The fourth-order valence-corrected chi connectivity index (χ4v) is 0.400. The minimum atomic E-state index is 0. The second-order valence-corrected chi connectivity index (χ2v) is 2.90. The number of hydrogen-bond donors (Lipinski definition) is 0. The van der Waals surface area contributed by atoms with Crippen molar-refractivity contribution in [3.05, 3.63) is 19.6 Å². The molecule has 0 fully saturated rings. The minimum absolute atomic E-state index is 0. The fraction of sp³-hybridized carbons (Fsp3) is 0.667. The van der Waals surface area contributed by atoms with Gasteiger partial charge < -0.3 is 9.80 Å². The van der Waals surface area contributed by atoms with E-state index in [4.69, 9.17) is 0 Å². The van der Waals surface area contributed by atoms with Crippen molar-refractivity contribution in [3.63, 3.8) is 0 Å². The van der Waals surface area contributed by atoms with Crippen molar-refractivity contribution < 1.29 is 18.9 Å². The van der Waals surface area contributed by atoms with Crippen LogP contribution in [0.15, 0.2) is 12.7 Å². The zero-order chi connectivity index (χ0) is 9.28. The number of rotatable bonds is 3. The van der Waals surface area contributed by atoms with E-state index in [1.165, 1.54) is 6.08 Å². The summed E-state index contributed by atoms with van der Waals surface area (Å²) in [6, 6.07) is 0. The zero-order valence-electron chi connectivity index (χ0n) is 9.30. The molecule has 0 bridgehead atoms. The molecule has 68 valence electrons. The Morgan fingerprint density at radius 3 is 1.33 bits per heavy atom. The summed E-state index contributed by atoms with van der Waals surface area (Å²) in [6.07, 6.45) is 1.50. The first kappa shape index (κ1) is 18.0. The van der Waals surface area contributed by atoms with E-state index in [2.05, 4.69) is 51.5 Å². The SMILES string of the molecule is C=C[CH2-].CN(C)CCN(C)C.[Li+]. The summed E-state index contributed by atoms with van der Waals surface area (Å²) in [4.78, 5) is 4.36. The van der Waals surface area contributed by atoms with Crippen molar-refractivity contribution >= 4 is 0 Å². The Kier molecular flexibility index (Phi) is 20.6. The monoisotopic (exact) mass is 164 g/mol. The molecule has 0 aromatic heterocycles. The quantitative estimate of drug-likeness (QED) is 0.356. The van der Waals surface area contributed by atoms with Crippen LogP contribution in [-0.2, 0) is 0 Å². The first-order valence-corrected chi connectivity index (χ1v) is 3.74. The van der Waals surface area contributed by atoms with Crippen molar-refractivity contribution in [2.45, 2.75) is 0 Å². The number of likely N-dealkylation sites (N-methyl/N-ethyl adjacent to an activating group) is 2. The van der Waals surface area contributed by atoms with E-state index in [9.17, 15) is 0 Å². The second-order valence-electron chi connectivity index (χ2n) is 2.90. The predicted molar refractivity (Wildman–Crippen MR) is 52.7 cm³/mol. The number of hydrogen-bond acceptors (Lipinski definition) is 2. The molecule has 0 N–H and O–H groups in total. The molecular weight excluding hydrogens is 143 g/mol. The summed E-state index contributed by atoms with van der Waals surface area (Å²) in [7, 11) is 8.35. The van der Waals surface area contributed by atoms with Crippen LogP contribution in [0.4, 0.5) is 0 Å². The van der Waals surface area contributed by atoms with Crippen molar-refractivity contribution in [2.75, 3.05) is 41.3 Å². The summed E-state index contributed by atoms with van der Waals surface area (Å²) in [5, 5.41) is 0. The molecule has 0 rings (SSSR count). The molecule has 0 radical (unpaired) electrons. The molecule has 0 saturated heterocycles. The number of nitrogens with zero attached hydrogens (tertiary/aromatic N) is 2.